The van der Waals surface area contributed by atoms with Gasteiger partial charge in [-0.15, -0.1) is 0 Å². The number of aliphatic carboxylic acids is 1. The molecule has 2 fully saturated rings. The lowest BCUT2D eigenvalue weighted by Gasteiger charge is -2.37. The lowest BCUT2D eigenvalue weighted by molar-refractivity contribution is -0.139. The zero-order valence-corrected chi connectivity index (χ0v) is 19.2. The van der Waals surface area contributed by atoms with Gasteiger partial charge in [-0.1, -0.05) is 37.0 Å². The van der Waals surface area contributed by atoms with Gasteiger partial charge in [-0.25, -0.2) is 9.59 Å². The molecule has 0 spiro atoms. The van der Waals surface area contributed by atoms with Gasteiger partial charge in [0.15, 0.2) is 6.61 Å². The number of carboxylic acids is 1. The molecule has 33 heavy (non-hydrogen) atoms. The summed E-state index contributed by atoms with van der Waals surface area (Å²) in [7, 11) is 0. The molecular weight excluding hydrogens is 418 g/mol. The molecule has 0 heterocycles. The van der Waals surface area contributed by atoms with Crippen molar-refractivity contribution in [1.82, 2.24) is 0 Å². The van der Waals surface area contributed by atoms with Crippen LogP contribution >= 0.6 is 0 Å². The van der Waals surface area contributed by atoms with Gasteiger partial charge in [-0.05, 0) is 62.8 Å². The Morgan fingerprint density at radius 2 is 1.73 bits per heavy atom. The highest BCUT2D eigenvalue weighted by molar-refractivity contribution is 6.02. The van der Waals surface area contributed by atoms with Gasteiger partial charge in [0.05, 0.1) is 11.4 Å². The monoisotopic (exact) mass is 451 g/mol. The summed E-state index contributed by atoms with van der Waals surface area (Å²) in [5.41, 5.74) is 3.43. The molecule has 0 radical (unpaired) electrons. The Hall–Kier alpha value is -3.22. The van der Waals surface area contributed by atoms with Crippen LogP contribution in [-0.2, 0) is 4.79 Å². The molecule has 0 saturated heterocycles. The molecule has 0 atom stereocenters. The van der Waals surface area contributed by atoms with Gasteiger partial charge in [-0.3, -0.25) is 0 Å². The Morgan fingerprint density at radius 1 is 1.00 bits per heavy atom. The van der Waals surface area contributed by atoms with Crippen molar-refractivity contribution in [1.29, 1.82) is 0 Å². The molecule has 0 unspecified atom stereocenters. The Morgan fingerprint density at radius 3 is 2.39 bits per heavy atom. The Bertz CT molecular complexity index is 966. The summed E-state index contributed by atoms with van der Waals surface area (Å²) < 4.78 is 5.41. The molecule has 2 amide bonds. The van der Waals surface area contributed by atoms with E-state index in [1.807, 2.05) is 37.3 Å². The number of ether oxygens (including phenoxy) is 1. The van der Waals surface area contributed by atoms with Crippen LogP contribution in [0.25, 0.3) is 0 Å². The number of benzene rings is 2. The van der Waals surface area contributed by atoms with Crippen LogP contribution in [0.5, 0.6) is 5.75 Å². The van der Waals surface area contributed by atoms with E-state index >= 15 is 0 Å². The summed E-state index contributed by atoms with van der Waals surface area (Å²) in [6.07, 6.45) is 8.53. The number of nitrogens with zero attached hydrogens (tertiary/aromatic N) is 1. The van der Waals surface area contributed by atoms with Crippen molar-refractivity contribution in [3.8, 4) is 5.75 Å². The Labute approximate surface area is 195 Å². The molecule has 2 saturated carbocycles. The van der Waals surface area contributed by atoms with Gasteiger partial charge >= 0.3 is 12.0 Å². The molecule has 0 bridgehead atoms. The summed E-state index contributed by atoms with van der Waals surface area (Å²) in [5, 5.41) is 14.9. The molecule has 0 aromatic heterocycles. The minimum absolute atomic E-state index is 0.342. The van der Waals surface area contributed by atoms with Crippen LogP contribution in [0.15, 0.2) is 42.5 Å². The number of anilines is 3. The maximum absolute atomic E-state index is 12.9. The van der Waals surface area contributed by atoms with Gasteiger partial charge in [0.2, 0.25) is 0 Å². The Kier molecular flexibility index (Phi) is 7.37. The second-order valence-corrected chi connectivity index (χ2v) is 9.19. The standard InChI is InChI=1S/C26H33N3O4/c1-18-7-11-20(12-8-18)27-26(32)28-23-15-22(33-17-25(30)31)13-14-24(23)29(16-19-9-10-19)21-5-3-2-4-6-21/h7-8,11-15,19,21H,2-6,9-10,16-17H2,1H3,(H,30,31)(H2,27,28,32). The van der Waals surface area contributed by atoms with Crippen LogP contribution in [0.2, 0.25) is 0 Å². The molecule has 0 aliphatic heterocycles. The van der Waals surface area contributed by atoms with Crippen molar-refractivity contribution in [3.63, 3.8) is 0 Å². The Balaban J connectivity index is 1.58. The summed E-state index contributed by atoms with van der Waals surface area (Å²) in [4.78, 5) is 26.3. The van der Waals surface area contributed by atoms with E-state index in [1.165, 1.54) is 32.1 Å². The number of amides is 2. The molecule has 7 heteroatoms. The van der Waals surface area contributed by atoms with Crippen molar-refractivity contribution in [2.75, 3.05) is 28.7 Å². The van der Waals surface area contributed by atoms with Crippen molar-refractivity contribution in [2.45, 2.75) is 57.9 Å². The number of hydrogen-bond donors (Lipinski definition) is 3. The number of urea groups is 1. The van der Waals surface area contributed by atoms with E-state index < -0.39 is 12.6 Å². The normalized spacial score (nSPS) is 16.2. The third-order valence-electron chi connectivity index (χ3n) is 6.36. The number of rotatable bonds is 9. The molecule has 4 rings (SSSR count). The highest BCUT2D eigenvalue weighted by Crippen LogP contribution is 2.39. The van der Waals surface area contributed by atoms with Gasteiger partial charge in [-0.2, -0.15) is 0 Å². The van der Waals surface area contributed by atoms with E-state index in [-0.39, 0.29) is 6.03 Å². The molecule has 2 aliphatic carbocycles. The topological polar surface area (TPSA) is 90.9 Å². The van der Waals surface area contributed by atoms with Crippen LogP contribution < -0.4 is 20.3 Å². The van der Waals surface area contributed by atoms with E-state index in [0.29, 0.717) is 29.1 Å². The van der Waals surface area contributed by atoms with Crippen molar-refractivity contribution >= 4 is 29.1 Å². The SMILES string of the molecule is Cc1ccc(NC(=O)Nc2cc(OCC(=O)O)ccc2N(CC2CC2)C2CCCCC2)cc1. The zero-order valence-electron chi connectivity index (χ0n) is 19.2. The minimum Gasteiger partial charge on any atom is -0.482 e. The first-order valence-corrected chi connectivity index (χ1v) is 11.9. The van der Waals surface area contributed by atoms with Crippen LogP contribution in [0.4, 0.5) is 21.9 Å². The predicted octanol–water partition coefficient (Wildman–Crippen LogP) is 5.65. The first kappa shape index (κ1) is 23.0. The lowest BCUT2D eigenvalue weighted by atomic mass is 9.93. The fraction of sp³-hybridized carbons (Fsp3) is 0.462. The average Bonchev–Trinajstić information content (AvgIpc) is 3.63. The highest BCUT2D eigenvalue weighted by atomic mass is 16.5. The largest absolute Gasteiger partial charge is 0.482 e. The fourth-order valence-corrected chi connectivity index (χ4v) is 4.44. The van der Waals surface area contributed by atoms with Crippen LogP contribution in [0.3, 0.4) is 0 Å². The zero-order chi connectivity index (χ0) is 23.2. The van der Waals surface area contributed by atoms with E-state index in [4.69, 9.17) is 9.84 Å². The maximum Gasteiger partial charge on any atom is 0.341 e. The third-order valence-corrected chi connectivity index (χ3v) is 6.36. The van der Waals surface area contributed by atoms with E-state index in [9.17, 15) is 9.59 Å². The summed E-state index contributed by atoms with van der Waals surface area (Å²) >= 11 is 0. The van der Waals surface area contributed by atoms with Crippen molar-refractivity contribution < 1.29 is 19.4 Å². The molecule has 7 nitrogen and oxygen atoms in total. The van der Waals surface area contributed by atoms with Gasteiger partial charge in [0, 0.05) is 24.3 Å². The number of nitrogens with one attached hydrogen (secondary N) is 2. The summed E-state index contributed by atoms with van der Waals surface area (Å²) in [6.45, 7) is 2.55. The van der Waals surface area contributed by atoms with Gasteiger partial charge in [0.25, 0.3) is 0 Å². The summed E-state index contributed by atoms with van der Waals surface area (Å²) in [5.74, 6) is 0.0779. The van der Waals surface area contributed by atoms with Gasteiger partial charge < -0.3 is 25.4 Å². The predicted molar refractivity (Wildman–Crippen MR) is 130 cm³/mol. The van der Waals surface area contributed by atoms with Crippen molar-refractivity contribution in [2.24, 2.45) is 5.92 Å². The maximum atomic E-state index is 12.9. The van der Waals surface area contributed by atoms with Gasteiger partial charge in [0.1, 0.15) is 5.75 Å². The second-order valence-electron chi connectivity index (χ2n) is 9.19. The average molecular weight is 452 g/mol. The molecule has 176 valence electrons. The minimum atomic E-state index is -1.04. The molecular formula is C26H33N3O4. The van der Waals surface area contributed by atoms with E-state index in [2.05, 4.69) is 15.5 Å². The number of carbonyl (C=O) groups is 2. The third kappa shape index (κ3) is 6.63. The summed E-state index contributed by atoms with van der Waals surface area (Å²) in [6, 6.07) is 13.2. The smallest absolute Gasteiger partial charge is 0.341 e. The second kappa shape index (κ2) is 10.6. The van der Waals surface area contributed by atoms with E-state index in [0.717, 1.165) is 30.6 Å². The molecule has 2 aliphatic rings. The number of carbonyl (C=O) groups excluding carboxylic acids is 1. The van der Waals surface area contributed by atoms with Crippen LogP contribution in [0, 0.1) is 12.8 Å². The number of hydrogen-bond acceptors (Lipinski definition) is 4. The van der Waals surface area contributed by atoms with Crippen LogP contribution in [0.1, 0.15) is 50.5 Å². The first-order chi connectivity index (χ1) is 16.0. The van der Waals surface area contributed by atoms with Crippen LogP contribution in [-0.4, -0.2) is 36.3 Å². The first-order valence-electron chi connectivity index (χ1n) is 11.9. The number of carboxylic acid groups (broad SMARTS) is 1. The highest BCUT2D eigenvalue weighted by Gasteiger charge is 2.30. The fourth-order valence-electron chi connectivity index (χ4n) is 4.44. The van der Waals surface area contributed by atoms with E-state index in [1.54, 1.807) is 12.1 Å². The molecule has 3 N–H and O–H groups in total. The number of aryl methyl sites for hydroxylation is 1. The van der Waals surface area contributed by atoms with Crippen molar-refractivity contribution in [3.05, 3.63) is 48.0 Å². The lowest BCUT2D eigenvalue weighted by Crippen LogP contribution is -2.39. The molecule has 2 aromatic rings. The quantitative estimate of drug-likeness (QED) is 0.458. The molecule has 2 aromatic carbocycles.